The van der Waals surface area contributed by atoms with Gasteiger partial charge in [-0.3, -0.25) is 9.88 Å². The van der Waals surface area contributed by atoms with Gasteiger partial charge in [-0.15, -0.1) is 5.10 Å². The Morgan fingerprint density at radius 1 is 1.17 bits per heavy atom. The average molecular weight is 400 g/mol. The summed E-state index contributed by atoms with van der Waals surface area (Å²) in [5, 5.41) is 4.50. The number of methoxy groups -OCH3 is 1. The number of nitrogens with one attached hydrogen (secondary N) is 1. The maximum Gasteiger partial charge on any atom is 0.348 e. The van der Waals surface area contributed by atoms with Crippen molar-refractivity contribution in [3.63, 3.8) is 0 Å². The van der Waals surface area contributed by atoms with Crippen molar-refractivity contribution in [3.05, 3.63) is 76.0 Å². The zero-order valence-electron chi connectivity index (χ0n) is 16.1. The van der Waals surface area contributed by atoms with Crippen LogP contribution in [0, 0.1) is 11.6 Å². The molecular weight excluding hydrogens is 378 g/mol. The Labute approximate surface area is 166 Å². The third-order valence-electron chi connectivity index (χ3n) is 5.23. The summed E-state index contributed by atoms with van der Waals surface area (Å²) in [5.74, 6) is -0.259. The number of benzene rings is 2. The molecule has 1 aliphatic rings. The van der Waals surface area contributed by atoms with Gasteiger partial charge in [-0.2, -0.15) is 4.68 Å². The van der Waals surface area contributed by atoms with Crippen LogP contribution in [0.4, 0.5) is 8.78 Å². The van der Waals surface area contributed by atoms with E-state index in [1.165, 1.54) is 10.7 Å². The van der Waals surface area contributed by atoms with Crippen molar-refractivity contribution in [2.24, 2.45) is 0 Å². The van der Waals surface area contributed by atoms with Crippen LogP contribution in [0.3, 0.4) is 0 Å². The summed E-state index contributed by atoms with van der Waals surface area (Å²) < 4.78 is 33.1. The quantitative estimate of drug-likeness (QED) is 0.714. The molecule has 1 saturated heterocycles. The van der Waals surface area contributed by atoms with E-state index >= 15 is 0 Å². The lowest BCUT2D eigenvalue weighted by Gasteiger charge is -2.31. The lowest BCUT2D eigenvalue weighted by Crippen LogP contribution is -2.34. The van der Waals surface area contributed by atoms with E-state index in [1.54, 1.807) is 37.4 Å². The summed E-state index contributed by atoms with van der Waals surface area (Å²) in [6.07, 6.45) is 1.84. The van der Waals surface area contributed by atoms with E-state index in [-0.39, 0.29) is 11.6 Å². The molecule has 2 heterocycles. The Morgan fingerprint density at radius 2 is 1.97 bits per heavy atom. The molecule has 1 N–H and O–H groups in total. The fraction of sp³-hybridized carbons (Fsp3) is 0.333. The molecular formula is C21H22F2N4O2. The molecule has 3 aromatic rings. The maximum absolute atomic E-state index is 13.5. The van der Waals surface area contributed by atoms with Crippen LogP contribution in [0.5, 0.6) is 5.75 Å². The highest BCUT2D eigenvalue weighted by Gasteiger charge is 2.25. The van der Waals surface area contributed by atoms with Crippen molar-refractivity contribution in [3.8, 4) is 11.4 Å². The summed E-state index contributed by atoms with van der Waals surface area (Å²) in [6.45, 7) is 2.07. The molecule has 4 rings (SSSR count). The molecule has 8 heteroatoms. The number of likely N-dealkylation sites (tertiary alicyclic amines) is 1. The first kappa shape index (κ1) is 19.3. The first-order chi connectivity index (χ1) is 14.0. The summed E-state index contributed by atoms with van der Waals surface area (Å²) >= 11 is 0. The molecule has 1 fully saturated rings. The van der Waals surface area contributed by atoms with Gasteiger partial charge in [0.25, 0.3) is 0 Å². The van der Waals surface area contributed by atoms with Crippen LogP contribution in [0.25, 0.3) is 5.69 Å². The van der Waals surface area contributed by atoms with E-state index in [0.717, 1.165) is 31.0 Å². The largest absolute Gasteiger partial charge is 0.497 e. The van der Waals surface area contributed by atoms with Crippen molar-refractivity contribution in [1.29, 1.82) is 0 Å². The van der Waals surface area contributed by atoms with E-state index < -0.39 is 11.6 Å². The van der Waals surface area contributed by atoms with Crippen molar-refractivity contribution in [2.75, 3.05) is 20.2 Å². The van der Waals surface area contributed by atoms with Gasteiger partial charge >= 0.3 is 5.69 Å². The van der Waals surface area contributed by atoms with Gasteiger partial charge in [0.1, 0.15) is 11.6 Å². The van der Waals surface area contributed by atoms with Gasteiger partial charge in [0.15, 0.2) is 11.6 Å². The Balaban J connectivity index is 1.49. The summed E-state index contributed by atoms with van der Waals surface area (Å²) in [5.41, 5.74) is 1.09. The number of piperidine rings is 1. The molecule has 29 heavy (non-hydrogen) atoms. The van der Waals surface area contributed by atoms with Crippen LogP contribution in [-0.4, -0.2) is 39.9 Å². The molecule has 0 radical (unpaired) electrons. The number of halogens is 2. The molecule has 1 aromatic heterocycles. The topological polar surface area (TPSA) is 63.1 Å². The number of ether oxygens (including phenoxy) is 1. The molecule has 2 aromatic carbocycles. The van der Waals surface area contributed by atoms with Gasteiger partial charge in [-0.05, 0) is 61.3 Å². The molecule has 0 saturated carbocycles. The Hall–Kier alpha value is -3.00. The Bertz CT molecular complexity index is 1050. The predicted molar refractivity (Wildman–Crippen MR) is 104 cm³/mol. The fourth-order valence-electron chi connectivity index (χ4n) is 3.74. The van der Waals surface area contributed by atoms with Crippen LogP contribution >= 0.6 is 0 Å². The summed E-state index contributed by atoms with van der Waals surface area (Å²) in [7, 11) is 1.59. The standard InChI is InChI=1S/C21H22F2N4O2/c1-29-17-7-5-16(6-8-17)27-21(28)24-20(25-27)15-3-2-10-26(13-15)12-14-4-9-18(22)19(23)11-14/h4-9,11,15H,2-3,10,12-13H2,1H3,(H,24,25,28). The minimum atomic E-state index is -0.841. The minimum Gasteiger partial charge on any atom is -0.497 e. The highest BCUT2D eigenvalue weighted by molar-refractivity contribution is 5.36. The fourth-order valence-corrected chi connectivity index (χ4v) is 3.74. The van der Waals surface area contributed by atoms with E-state index in [2.05, 4.69) is 15.0 Å². The van der Waals surface area contributed by atoms with Gasteiger partial charge in [-0.1, -0.05) is 6.07 Å². The van der Waals surface area contributed by atoms with E-state index in [0.29, 0.717) is 30.4 Å². The zero-order valence-corrected chi connectivity index (χ0v) is 16.1. The molecule has 152 valence electrons. The smallest absolute Gasteiger partial charge is 0.348 e. The molecule has 6 nitrogen and oxygen atoms in total. The minimum absolute atomic E-state index is 0.0706. The second-order valence-electron chi connectivity index (χ2n) is 7.25. The Morgan fingerprint density at radius 3 is 2.69 bits per heavy atom. The molecule has 1 atom stereocenters. The van der Waals surface area contributed by atoms with Crippen molar-refractivity contribution in [1.82, 2.24) is 19.7 Å². The number of H-pyrrole nitrogens is 1. The number of aromatic amines is 1. The molecule has 0 spiro atoms. The number of nitrogens with zero attached hydrogens (tertiary/aromatic N) is 3. The van der Waals surface area contributed by atoms with Crippen LogP contribution in [0.15, 0.2) is 47.3 Å². The first-order valence-corrected chi connectivity index (χ1v) is 9.53. The zero-order chi connectivity index (χ0) is 20.4. The monoisotopic (exact) mass is 400 g/mol. The summed E-state index contributed by atoms with van der Waals surface area (Å²) in [4.78, 5) is 17.4. The van der Waals surface area contributed by atoms with Gasteiger partial charge in [0, 0.05) is 19.0 Å². The van der Waals surface area contributed by atoms with Crippen LogP contribution in [-0.2, 0) is 6.54 Å². The second-order valence-corrected chi connectivity index (χ2v) is 7.25. The van der Waals surface area contributed by atoms with Gasteiger partial charge in [-0.25, -0.2) is 13.6 Å². The molecule has 0 aliphatic carbocycles. The molecule has 1 unspecified atom stereocenters. The lowest BCUT2D eigenvalue weighted by molar-refractivity contribution is 0.196. The van der Waals surface area contributed by atoms with E-state index in [4.69, 9.17) is 4.74 Å². The van der Waals surface area contributed by atoms with Gasteiger partial charge < -0.3 is 4.74 Å². The van der Waals surface area contributed by atoms with Gasteiger partial charge in [0.2, 0.25) is 0 Å². The predicted octanol–water partition coefficient (Wildman–Crippen LogP) is 3.23. The maximum atomic E-state index is 13.5. The van der Waals surface area contributed by atoms with E-state index in [1.807, 2.05) is 0 Å². The number of rotatable bonds is 5. The number of aromatic nitrogens is 3. The molecule has 0 amide bonds. The molecule has 1 aliphatic heterocycles. The second kappa shape index (κ2) is 8.16. The van der Waals surface area contributed by atoms with Crippen molar-refractivity contribution < 1.29 is 13.5 Å². The summed E-state index contributed by atoms with van der Waals surface area (Å²) in [6, 6.07) is 11.1. The first-order valence-electron chi connectivity index (χ1n) is 9.53. The van der Waals surface area contributed by atoms with Gasteiger partial charge in [0.05, 0.1) is 12.8 Å². The van der Waals surface area contributed by atoms with Crippen molar-refractivity contribution in [2.45, 2.75) is 25.3 Å². The number of hydrogen-bond acceptors (Lipinski definition) is 4. The van der Waals surface area contributed by atoms with Crippen LogP contribution < -0.4 is 10.4 Å². The lowest BCUT2D eigenvalue weighted by atomic mass is 9.97. The normalized spacial score (nSPS) is 17.4. The highest BCUT2D eigenvalue weighted by Crippen LogP contribution is 2.25. The molecule has 0 bridgehead atoms. The van der Waals surface area contributed by atoms with Crippen LogP contribution in [0.1, 0.15) is 30.1 Å². The van der Waals surface area contributed by atoms with E-state index in [9.17, 15) is 13.6 Å². The van der Waals surface area contributed by atoms with Crippen molar-refractivity contribution >= 4 is 0 Å². The average Bonchev–Trinajstić information content (AvgIpc) is 3.13. The third kappa shape index (κ3) is 4.22. The van der Waals surface area contributed by atoms with Crippen LogP contribution in [0.2, 0.25) is 0 Å². The SMILES string of the molecule is COc1ccc(-n2nc(C3CCCN(Cc4ccc(F)c(F)c4)C3)[nH]c2=O)cc1. The number of hydrogen-bond donors (Lipinski definition) is 1. The third-order valence-corrected chi connectivity index (χ3v) is 5.23. The highest BCUT2D eigenvalue weighted by atomic mass is 19.2. The Kier molecular flexibility index (Phi) is 5.44.